The second-order valence-corrected chi connectivity index (χ2v) is 9.09. The van der Waals surface area contributed by atoms with Crippen molar-refractivity contribution >= 4 is 28.6 Å². The number of halogens is 1. The van der Waals surface area contributed by atoms with E-state index in [2.05, 4.69) is 24.8 Å². The Bertz CT molecular complexity index is 1500. The topological polar surface area (TPSA) is 100 Å². The van der Waals surface area contributed by atoms with E-state index in [0.717, 1.165) is 23.9 Å². The van der Waals surface area contributed by atoms with Gasteiger partial charge in [0.05, 0.1) is 11.2 Å². The van der Waals surface area contributed by atoms with E-state index in [-0.39, 0.29) is 29.1 Å². The zero-order valence-corrected chi connectivity index (χ0v) is 19.2. The highest BCUT2D eigenvalue weighted by Gasteiger charge is 2.29. The third-order valence-corrected chi connectivity index (χ3v) is 7.02. The molecule has 3 aromatic heterocycles. The molecule has 10 heteroatoms. The fraction of sp³-hybridized carbons (Fsp3) is 0.320. The Morgan fingerprint density at radius 1 is 1.11 bits per heavy atom. The van der Waals surface area contributed by atoms with Gasteiger partial charge in [-0.2, -0.15) is 0 Å². The van der Waals surface area contributed by atoms with E-state index in [9.17, 15) is 14.0 Å². The van der Waals surface area contributed by atoms with Gasteiger partial charge in [-0.05, 0) is 55.5 Å². The standard InChI is InChI=1S/C25H24FN7O2/c1-15-11-16-4-10-32(21(16)12-18(15)26)24(34)19-13-22(29-14-28-19)31-8-5-17(6-9-31)33-20-3-2-7-27-23(20)30-25(33)35/h2-3,7,11-14,17H,4-6,8-10H2,1H3,(H,27,30,35). The third kappa shape index (κ3) is 3.65. The Balaban J connectivity index is 1.20. The highest BCUT2D eigenvalue weighted by atomic mass is 19.1. The van der Waals surface area contributed by atoms with Crippen LogP contribution in [0, 0.1) is 12.7 Å². The quantitative estimate of drug-likeness (QED) is 0.491. The number of hydrogen-bond acceptors (Lipinski definition) is 6. The van der Waals surface area contributed by atoms with Crippen molar-refractivity contribution in [2.24, 2.45) is 0 Å². The maximum absolute atomic E-state index is 14.2. The normalized spacial score (nSPS) is 16.2. The number of aromatic amines is 1. The molecule has 0 atom stereocenters. The van der Waals surface area contributed by atoms with Crippen LogP contribution in [0.5, 0.6) is 0 Å². The summed E-state index contributed by atoms with van der Waals surface area (Å²) in [6.45, 7) is 3.60. The van der Waals surface area contributed by atoms with Crippen molar-refractivity contribution in [3.63, 3.8) is 0 Å². The molecule has 5 heterocycles. The molecule has 9 nitrogen and oxygen atoms in total. The molecule has 1 aromatic carbocycles. The Hall–Kier alpha value is -4.08. The number of carbonyl (C=O) groups excluding carboxylic acids is 1. The van der Waals surface area contributed by atoms with Crippen LogP contribution in [0.3, 0.4) is 0 Å². The summed E-state index contributed by atoms with van der Waals surface area (Å²) in [7, 11) is 0. The Labute approximate surface area is 200 Å². The number of aryl methyl sites for hydroxylation is 1. The van der Waals surface area contributed by atoms with Gasteiger partial charge >= 0.3 is 5.69 Å². The molecule has 35 heavy (non-hydrogen) atoms. The molecular weight excluding hydrogens is 449 g/mol. The molecule has 0 aliphatic carbocycles. The molecule has 1 amide bonds. The first-order valence-electron chi connectivity index (χ1n) is 11.7. The highest BCUT2D eigenvalue weighted by Crippen LogP contribution is 2.32. The monoisotopic (exact) mass is 473 g/mol. The molecule has 1 fully saturated rings. The van der Waals surface area contributed by atoms with Crippen molar-refractivity contribution in [2.45, 2.75) is 32.2 Å². The van der Waals surface area contributed by atoms with E-state index in [0.29, 0.717) is 48.8 Å². The van der Waals surface area contributed by atoms with Gasteiger partial charge in [0.25, 0.3) is 5.91 Å². The molecule has 6 rings (SSSR count). The largest absolute Gasteiger partial charge is 0.356 e. The van der Waals surface area contributed by atoms with E-state index >= 15 is 0 Å². The average Bonchev–Trinajstić information content (AvgIpc) is 3.43. The van der Waals surface area contributed by atoms with Gasteiger partial charge in [0.1, 0.15) is 23.7 Å². The lowest BCUT2D eigenvalue weighted by Crippen LogP contribution is -2.37. The van der Waals surface area contributed by atoms with E-state index in [1.807, 2.05) is 18.2 Å². The van der Waals surface area contributed by atoms with Crippen molar-refractivity contribution in [3.05, 3.63) is 76.0 Å². The number of aromatic nitrogens is 5. The number of amides is 1. The maximum atomic E-state index is 14.2. The van der Waals surface area contributed by atoms with Crippen molar-refractivity contribution in [1.29, 1.82) is 0 Å². The second kappa shape index (κ2) is 8.30. The summed E-state index contributed by atoms with van der Waals surface area (Å²) >= 11 is 0. The van der Waals surface area contributed by atoms with Crippen molar-refractivity contribution in [3.8, 4) is 0 Å². The van der Waals surface area contributed by atoms with Crippen molar-refractivity contribution < 1.29 is 9.18 Å². The molecule has 0 unspecified atom stereocenters. The van der Waals surface area contributed by atoms with Gasteiger partial charge in [-0.1, -0.05) is 6.07 Å². The van der Waals surface area contributed by atoms with Gasteiger partial charge in [0.15, 0.2) is 5.65 Å². The van der Waals surface area contributed by atoms with Crippen LogP contribution in [0.2, 0.25) is 0 Å². The summed E-state index contributed by atoms with van der Waals surface area (Å²) < 4.78 is 16.0. The summed E-state index contributed by atoms with van der Waals surface area (Å²) in [5.74, 6) is 0.0902. The predicted molar refractivity (Wildman–Crippen MR) is 129 cm³/mol. The van der Waals surface area contributed by atoms with Crippen LogP contribution in [0.1, 0.15) is 40.5 Å². The summed E-state index contributed by atoms with van der Waals surface area (Å²) in [6, 6.07) is 8.73. The number of rotatable bonds is 3. The SMILES string of the molecule is Cc1cc2c(cc1F)N(C(=O)c1cc(N3CCC(n4c(=O)[nH]c5ncccc54)CC3)ncn1)CC2. The number of anilines is 2. The van der Waals surface area contributed by atoms with Gasteiger partial charge in [-0.25, -0.2) is 24.1 Å². The minimum Gasteiger partial charge on any atom is -0.356 e. The van der Waals surface area contributed by atoms with Gasteiger partial charge in [0, 0.05) is 37.9 Å². The molecule has 2 aliphatic heterocycles. The minimum absolute atomic E-state index is 0.0547. The fourth-order valence-corrected chi connectivity index (χ4v) is 5.20. The lowest BCUT2D eigenvalue weighted by atomic mass is 10.0. The molecular formula is C25H24FN7O2. The predicted octanol–water partition coefficient (Wildman–Crippen LogP) is 3.01. The number of benzene rings is 1. The zero-order valence-electron chi connectivity index (χ0n) is 19.2. The number of H-pyrrole nitrogens is 1. The molecule has 0 spiro atoms. The van der Waals surface area contributed by atoms with Gasteiger partial charge in [0.2, 0.25) is 0 Å². The highest BCUT2D eigenvalue weighted by molar-refractivity contribution is 6.06. The van der Waals surface area contributed by atoms with Gasteiger partial charge in [-0.15, -0.1) is 0 Å². The van der Waals surface area contributed by atoms with E-state index in [1.165, 1.54) is 12.4 Å². The number of hydrogen-bond donors (Lipinski definition) is 1. The van der Waals surface area contributed by atoms with Crippen LogP contribution in [0.15, 0.2) is 47.7 Å². The van der Waals surface area contributed by atoms with E-state index in [4.69, 9.17) is 0 Å². The number of fused-ring (bicyclic) bond motifs is 2. The number of imidazole rings is 1. The minimum atomic E-state index is -0.320. The molecule has 4 aromatic rings. The Morgan fingerprint density at radius 3 is 2.77 bits per heavy atom. The number of piperidine rings is 1. The molecule has 0 radical (unpaired) electrons. The Kier molecular flexibility index (Phi) is 5.09. The number of nitrogens with one attached hydrogen (secondary N) is 1. The van der Waals surface area contributed by atoms with Crippen LogP contribution >= 0.6 is 0 Å². The zero-order chi connectivity index (χ0) is 24.1. The summed E-state index contributed by atoms with van der Waals surface area (Å²) in [6.07, 6.45) is 5.27. The maximum Gasteiger partial charge on any atom is 0.327 e. The molecule has 1 saturated heterocycles. The first-order chi connectivity index (χ1) is 17.0. The van der Waals surface area contributed by atoms with Crippen LogP contribution in [0.25, 0.3) is 11.2 Å². The first-order valence-corrected chi connectivity index (χ1v) is 11.7. The summed E-state index contributed by atoms with van der Waals surface area (Å²) in [5.41, 5.74) is 3.70. The van der Waals surface area contributed by atoms with Crippen molar-refractivity contribution in [1.82, 2.24) is 24.5 Å². The summed E-state index contributed by atoms with van der Waals surface area (Å²) in [4.78, 5) is 45.2. The number of carbonyl (C=O) groups is 1. The van der Waals surface area contributed by atoms with Crippen LogP contribution in [0.4, 0.5) is 15.9 Å². The number of pyridine rings is 1. The molecule has 1 N–H and O–H groups in total. The first kappa shape index (κ1) is 21.5. The lowest BCUT2D eigenvalue weighted by molar-refractivity contribution is 0.0984. The fourth-order valence-electron chi connectivity index (χ4n) is 5.20. The molecule has 2 aliphatic rings. The Morgan fingerprint density at radius 2 is 1.94 bits per heavy atom. The molecule has 0 bridgehead atoms. The summed E-state index contributed by atoms with van der Waals surface area (Å²) in [5, 5.41) is 0. The van der Waals surface area contributed by atoms with Crippen LogP contribution < -0.4 is 15.5 Å². The average molecular weight is 474 g/mol. The van der Waals surface area contributed by atoms with E-state index in [1.54, 1.807) is 28.7 Å². The smallest absolute Gasteiger partial charge is 0.327 e. The molecule has 178 valence electrons. The van der Waals surface area contributed by atoms with E-state index < -0.39 is 0 Å². The lowest BCUT2D eigenvalue weighted by Gasteiger charge is -2.33. The third-order valence-electron chi connectivity index (χ3n) is 7.02. The van der Waals surface area contributed by atoms with Crippen LogP contribution in [-0.4, -0.2) is 50.0 Å². The second-order valence-electron chi connectivity index (χ2n) is 9.09. The van der Waals surface area contributed by atoms with Crippen molar-refractivity contribution in [2.75, 3.05) is 29.4 Å². The van der Waals surface area contributed by atoms with Crippen LogP contribution in [-0.2, 0) is 6.42 Å². The van der Waals surface area contributed by atoms with Gasteiger partial charge < -0.3 is 9.80 Å². The molecule has 0 saturated carbocycles. The van der Waals surface area contributed by atoms with Gasteiger partial charge in [-0.3, -0.25) is 14.3 Å². The number of nitrogens with zero attached hydrogens (tertiary/aromatic N) is 6.